The molecule has 1 N–H and O–H groups in total. The van der Waals surface area contributed by atoms with Gasteiger partial charge in [0, 0.05) is 5.02 Å². The first-order chi connectivity index (χ1) is 8.56. The SMILES string of the molecule is Cc1cc(SCC(=O)O)n(-c2cccc(Cl)c2)n1. The molecule has 0 bridgehead atoms. The van der Waals surface area contributed by atoms with Gasteiger partial charge in [-0.05, 0) is 31.2 Å². The van der Waals surface area contributed by atoms with Crippen molar-refractivity contribution in [2.45, 2.75) is 11.9 Å². The maximum absolute atomic E-state index is 10.6. The summed E-state index contributed by atoms with van der Waals surface area (Å²) in [4.78, 5) is 10.6. The number of aryl methyl sites for hydroxylation is 1. The largest absolute Gasteiger partial charge is 0.481 e. The summed E-state index contributed by atoms with van der Waals surface area (Å²) in [6.07, 6.45) is 0. The standard InChI is InChI=1S/C12H11ClN2O2S/c1-8-5-11(18-7-12(16)17)15(14-8)10-4-2-3-9(13)6-10/h2-6H,7H2,1H3,(H,16,17). The first-order valence-electron chi connectivity index (χ1n) is 5.23. The highest BCUT2D eigenvalue weighted by atomic mass is 35.5. The monoisotopic (exact) mass is 282 g/mol. The molecule has 1 heterocycles. The summed E-state index contributed by atoms with van der Waals surface area (Å²) >= 11 is 7.17. The lowest BCUT2D eigenvalue weighted by molar-refractivity contribution is -0.133. The summed E-state index contributed by atoms with van der Waals surface area (Å²) in [5, 5.41) is 14.5. The fraction of sp³-hybridized carbons (Fsp3) is 0.167. The molecule has 0 aliphatic heterocycles. The average Bonchev–Trinajstić information content (AvgIpc) is 2.68. The quantitative estimate of drug-likeness (QED) is 0.876. The lowest BCUT2D eigenvalue weighted by Crippen LogP contribution is -2.02. The van der Waals surface area contributed by atoms with Crippen LogP contribution in [0.1, 0.15) is 5.69 Å². The Balaban J connectivity index is 2.35. The molecule has 0 saturated carbocycles. The van der Waals surface area contributed by atoms with E-state index in [0.717, 1.165) is 16.4 Å². The van der Waals surface area contributed by atoms with Gasteiger partial charge in [-0.15, -0.1) is 0 Å². The molecule has 0 spiro atoms. The number of rotatable bonds is 4. The van der Waals surface area contributed by atoms with Gasteiger partial charge < -0.3 is 5.11 Å². The molecule has 0 radical (unpaired) electrons. The van der Waals surface area contributed by atoms with Crippen molar-refractivity contribution in [3.63, 3.8) is 0 Å². The van der Waals surface area contributed by atoms with Gasteiger partial charge in [0.15, 0.2) is 0 Å². The predicted octanol–water partition coefficient (Wildman–Crippen LogP) is 3.01. The normalized spacial score (nSPS) is 10.6. The maximum atomic E-state index is 10.6. The zero-order valence-corrected chi connectivity index (χ0v) is 11.2. The first-order valence-corrected chi connectivity index (χ1v) is 6.60. The van der Waals surface area contributed by atoms with Gasteiger partial charge in [0.25, 0.3) is 0 Å². The molecule has 2 aromatic rings. The van der Waals surface area contributed by atoms with Crippen molar-refractivity contribution in [1.82, 2.24) is 9.78 Å². The fourth-order valence-electron chi connectivity index (χ4n) is 1.51. The summed E-state index contributed by atoms with van der Waals surface area (Å²) in [7, 11) is 0. The van der Waals surface area contributed by atoms with Crippen molar-refractivity contribution < 1.29 is 9.90 Å². The highest BCUT2D eigenvalue weighted by Gasteiger charge is 2.10. The molecule has 0 saturated heterocycles. The zero-order valence-electron chi connectivity index (χ0n) is 9.63. The van der Waals surface area contributed by atoms with Crippen molar-refractivity contribution in [2.75, 3.05) is 5.75 Å². The number of hydrogen-bond donors (Lipinski definition) is 1. The topological polar surface area (TPSA) is 55.1 Å². The number of nitrogens with zero attached hydrogens (tertiary/aromatic N) is 2. The summed E-state index contributed by atoms with van der Waals surface area (Å²) in [5.74, 6) is -0.845. The lowest BCUT2D eigenvalue weighted by atomic mass is 10.3. The molecule has 0 fully saturated rings. The molecule has 6 heteroatoms. The molecular weight excluding hydrogens is 272 g/mol. The number of hydrogen-bond acceptors (Lipinski definition) is 3. The molecule has 0 atom stereocenters. The van der Waals surface area contributed by atoms with Gasteiger partial charge in [-0.3, -0.25) is 4.79 Å². The molecule has 1 aromatic carbocycles. The highest BCUT2D eigenvalue weighted by Crippen LogP contribution is 2.24. The van der Waals surface area contributed by atoms with E-state index in [0.29, 0.717) is 5.02 Å². The Kier molecular flexibility index (Phi) is 3.93. The van der Waals surface area contributed by atoms with Gasteiger partial charge >= 0.3 is 5.97 Å². The van der Waals surface area contributed by atoms with Crippen LogP contribution in [-0.2, 0) is 4.79 Å². The number of thioether (sulfide) groups is 1. The minimum Gasteiger partial charge on any atom is -0.481 e. The maximum Gasteiger partial charge on any atom is 0.313 e. The van der Waals surface area contributed by atoms with Crippen molar-refractivity contribution in [2.24, 2.45) is 0 Å². The number of carboxylic acids is 1. The summed E-state index contributed by atoms with van der Waals surface area (Å²) in [6, 6.07) is 9.14. The van der Waals surface area contributed by atoms with Gasteiger partial charge in [-0.25, -0.2) is 4.68 Å². The Labute approximate surface area is 114 Å². The van der Waals surface area contributed by atoms with Gasteiger partial charge in [0.2, 0.25) is 0 Å². The second-order valence-electron chi connectivity index (χ2n) is 3.70. The molecular formula is C12H11ClN2O2S. The third-order valence-electron chi connectivity index (χ3n) is 2.20. The van der Waals surface area contributed by atoms with E-state index < -0.39 is 5.97 Å². The third-order valence-corrected chi connectivity index (χ3v) is 3.41. The van der Waals surface area contributed by atoms with Crippen LogP contribution in [0, 0.1) is 6.92 Å². The second kappa shape index (κ2) is 5.46. The predicted molar refractivity (Wildman–Crippen MR) is 71.7 cm³/mol. The molecule has 0 unspecified atom stereocenters. The van der Waals surface area contributed by atoms with E-state index in [9.17, 15) is 4.79 Å². The minimum absolute atomic E-state index is 0.00565. The number of aromatic nitrogens is 2. The average molecular weight is 283 g/mol. The molecule has 0 aliphatic carbocycles. The van der Waals surface area contributed by atoms with Gasteiger partial charge in [-0.1, -0.05) is 29.4 Å². The van der Waals surface area contributed by atoms with Crippen LogP contribution in [0.2, 0.25) is 5.02 Å². The van der Waals surface area contributed by atoms with Crippen LogP contribution >= 0.6 is 23.4 Å². The van der Waals surface area contributed by atoms with E-state index in [-0.39, 0.29) is 5.75 Å². The third kappa shape index (κ3) is 3.05. The van der Waals surface area contributed by atoms with Crippen LogP contribution in [0.5, 0.6) is 0 Å². The van der Waals surface area contributed by atoms with Crippen molar-refractivity contribution in [3.05, 3.63) is 41.0 Å². The number of carboxylic acid groups (broad SMARTS) is 1. The van der Waals surface area contributed by atoms with Gasteiger partial charge in [-0.2, -0.15) is 5.10 Å². The Morgan fingerprint density at radius 2 is 2.28 bits per heavy atom. The van der Waals surface area contributed by atoms with E-state index in [1.807, 2.05) is 25.1 Å². The Hall–Kier alpha value is -1.46. The summed E-state index contributed by atoms with van der Waals surface area (Å²) in [5.41, 5.74) is 1.66. The first kappa shape index (κ1) is 13.0. The highest BCUT2D eigenvalue weighted by molar-refractivity contribution is 7.99. The number of carbonyl (C=O) groups is 1. The molecule has 2 rings (SSSR count). The fourth-order valence-corrected chi connectivity index (χ4v) is 2.49. The van der Waals surface area contributed by atoms with Crippen LogP contribution < -0.4 is 0 Å². The summed E-state index contributed by atoms with van der Waals surface area (Å²) < 4.78 is 1.70. The number of benzene rings is 1. The van der Waals surface area contributed by atoms with Gasteiger partial charge in [0.1, 0.15) is 5.03 Å². The Morgan fingerprint density at radius 3 is 2.94 bits per heavy atom. The molecule has 0 amide bonds. The molecule has 4 nitrogen and oxygen atoms in total. The Bertz CT molecular complexity index is 583. The molecule has 1 aromatic heterocycles. The van der Waals surface area contributed by atoms with Gasteiger partial charge in [0.05, 0.1) is 17.1 Å². The van der Waals surface area contributed by atoms with E-state index in [1.165, 1.54) is 11.8 Å². The zero-order chi connectivity index (χ0) is 13.1. The number of halogens is 1. The van der Waals surface area contributed by atoms with Crippen molar-refractivity contribution >= 4 is 29.3 Å². The van der Waals surface area contributed by atoms with E-state index in [2.05, 4.69) is 5.10 Å². The molecule has 0 aliphatic rings. The van der Waals surface area contributed by atoms with Crippen LogP contribution in [0.3, 0.4) is 0 Å². The lowest BCUT2D eigenvalue weighted by Gasteiger charge is -2.06. The second-order valence-corrected chi connectivity index (χ2v) is 5.13. The smallest absolute Gasteiger partial charge is 0.313 e. The number of aliphatic carboxylic acids is 1. The van der Waals surface area contributed by atoms with Crippen LogP contribution in [0.25, 0.3) is 5.69 Å². The van der Waals surface area contributed by atoms with Crippen LogP contribution in [0.15, 0.2) is 35.4 Å². The van der Waals surface area contributed by atoms with Crippen LogP contribution in [-0.4, -0.2) is 26.6 Å². The Morgan fingerprint density at radius 1 is 1.50 bits per heavy atom. The van der Waals surface area contributed by atoms with E-state index in [1.54, 1.807) is 16.8 Å². The van der Waals surface area contributed by atoms with E-state index >= 15 is 0 Å². The summed E-state index contributed by atoms with van der Waals surface area (Å²) in [6.45, 7) is 1.87. The van der Waals surface area contributed by atoms with Crippen LogP contribution in [0.4, 0.5) is 0 Å². The molecule has 18 heavy (non-hydrogen) atoms. The van der Waals surface area contributed by atoms with E-state index in [4.69, 9.17) is 16.7 Å². The van der Waals surface area contributed by atoms with Crippen molar-refractivity contribution in [3.8, 4) is 5.69 Å². The van der Waals surface area contributed by atoms with Crippen molar-refractivity contribution in [1.29, 1.82) is 0 Å². The molecule has 94 valence electrons. The minimum atomic E-state index is -0.850.